The van der Waals surface area contributed by atoms with Gasteiger partial charge < -0.3 is 9.84 Å². The van der Waals surface area contributed by atoms with Gasteiger partial charge in [0.05, 0.1) is 12.2 Å². The minimum absolute atomic E-state index is 0.392. The quantitative estimate of drug-likeness (QED) is 0.802. The molecule has 0 radical (unpaired) electrons. The summed E-state index contributed by atoms with van der Waals surface area (Å²) in [7, 11) is 0. The van der Waals surface area contributed by atoms with Crippen molar-refractivity contribution in [2.45, 2.75) is 57.2 Å². The third-order valence-electron chi connectivity index (χ3n) is 3.73. The van der Waals surface area contributed by atoms with E-state index in [0.29, 0.717) is 19.1 Å². The van der Waals surface area contributed by atoms with Crippen molar-refractivity contribution in [3.05, 3.63) is 35.9 Å². The SMILES string of the molecule is OC(CCOC1CCCCCC1)c1ccccc1. The fourth-order valence-corrected chi connectivity index (χ4v) is 2.60. The van der Waals surface area contributed by atoms with Crippen LogP contribution in [-0.4, -0.2) is 17.8 Å². The van der Waals surface area contributed by atoms with Crippen molar-refractivity contribution in [2.24, 2.45) is 0 Å². The van der Waals surface area contributed by atoms with Crippen molar-refractivity contribution in [1.82, 2.24) is 0 Å². The van der Waals surface area contributed by atoms with Gasteiger partial charge in [0.15, 0.2) is 0 Å². The van der Waals surface area contributed by atoms with Gasteiger partial charge in [0.25, 0.3) is 0 Å². The zero-order chi connectivity index (χ0) is 12.6. The molecular weight excluding hydrogens is 224 g/mol. The molecule has 2 heteroatoms. The molecule has 1 atom stereocenters. The normalized spacial score (nSPS) is 19.4. The van der Waals surface area contributed by atoms with E-state index >= 15 is 0 Å². The predicted octanol–water partition coefficient (Wildman–Crippen LogP) is 3.85. The molecule has 0 aromatic heterocycles. The summed E-state index contributed by atoms with van der Waals surface area (Å²) in [5.74, 6) is 0. The van der Waals surface area contributed by atoms with Crippen molar-refractivity contribution in [1.29, 1.82) is 0 Å². The fourth-order valence-electron chi connectivity index (χ4n) is 2.60. The van der Waals surface area contributed by atoms with Gasteiger partial charge in [-0.1, -0.05) is 56.0 Å². The molecule has 0 spiro atoms. The number of rotatable bonds is 5. The lowest BCUT2D eigenvalue weighted by molar-refractivity contribution is 0.0203. The molecule has 1 aliphatic rings. The summed E-state index contributed by atoms with van der Waals surface area (Å²) in [5, 5.41) is 10.0. The second kappa shape index (κ2) is 7.55. The van der Waals surface area contributed by atoms with Crippen LogP contribution in [0, 0.1) is 0 Å². The zero-order valence-corrected chi connectivity index (χ0v) is 11.1. The van der Waals surface area contributed by atoms with Gasteiger partial charge in [-0.2, -0.15) is 0 Å². The van der Waals surface area contributed by atoms with Crippen LogP contribution in [0.25, 0.3) is 0 Å². The summed E-state index contributed by atoms with van der Waals surface area (Å²) >= 11 is 0. The Morgan fingerprint density at radius 2 is 1.72 bits per heavy atom. The summed E-state index contributed by atoms with van der Waals surface area (Å²) in [6, 6.07) is 9.83. The Balaban J connectivity index is 1.68. The Bertz CT molecular complexity index is 315. The van der Waals surface area contributed by atoms with Crippen molar-refractivity contribution in [3.8, 4) is 0 Å². The minimum Gasteiger partial charge on any atom is -0.388 e. The Labute approximate surface area is 110 Å². The molecule has 1 aromatic carbocycles. The molecule has 1 N–H and O–H groups in total. The molecule has 2 nitrogen and oxygen atoms in total. The van der Waals surface area contributed by atoms with Crippen molar-refractivity contribution in [2.75, 3.05) is 6.61 Å². The zero-order valence-electron chi connectivity index (χ0n) is 11.1. The van der Waals surface area contributed by atoms with Gasteiger partial charge >= 0.3 is 0 Å². The van der Waals surface area contributed by atoms with Crippen LogP contribution in [0.5, 0.6) is 0 Å². The molecule has 2 rings (SSSR count). The molecule has 1 unspecified atom stereocenters. The van der Waals surface area contributed by atoms with Crippen LogP contribution in [0.2, 0.25) is 0 Å². The second-order valence-corrected chi connectivity index (χ2v) is 5.20. The lowest BCUT2D eigenvalue weighted by Gasteiger charge is -2.17. The Kier molecular flexibility index (Phi) is 5.69. The topological polar surface area (TPSA) is 29.5 Å². The largest absolute Gasteiger partial charge is 0.388 e. The van der Waals surface area contributed by atoms with Crippen LogP contribution in [0.3, 0.4) is 0 Å². The molecule has 0 heterocycles. The first-order chi connectivity index (χ1) is 8.86. The van der Waals surface area contributed by atoms with Gasteiger partial charge in [0.2, 0.25) is 0 Å². The highest BCUT2D eigenvalue weighted by molar-refractivity contribution is 5.16. The number of aliphatic hydroxyl groups is 1. The summed E-state index contributed by atoms with van der Waals surface area (Å²) in [5.41, 5.74) is 0.988. The molecular formula is C16H24O2. The molecule has 1 fully saturated rings. The number of benzene rings is 1. The van der Waals surface area contributed by atoms with Crippen LogP contribution in [-0.2, 0) is 4.74 Å². The highest BCUT2D eigenvalue weighted by Gasteiger charge is 2.13. The third-order valence-corrected chi connectivity index (χ3v) is 3.73. The first-order valence-electron chi connectivity index (χ1n) is 7.21. The van der Waals surface area contributed by atoms with Gasteiger partial charge in [0, 0.05) is 13.0 Å². The average molecular weight is 248 g/mol. The molecule has 1 aliphatic carbocycles. The number of aliphatic hydroxyl groups excluding tert-OH is 1. The van der Waals surface area contributed by atoms with Crippen LogP contribution in [0.1, 0.15) is 56.6 Å². The lowest BCUT2D eigenvalue weighted by Crippen LogP contribution is -2.14. The molecule has 0 saturated heterocycles. The van der Waals surface area contributed by atoms with E-state index in [4.69, 9.17) is 4.74 Å². The molecule has 1 aromatic rings. The number of ether oxygens (including phenoxy) is 1. The van der Waals surface area contributed by atoms with Crippen molar-refractivity contribution in [3.63, 3.8) is 0 Å². The number of hydrogen-bond acceptors (Lipinski definition) is 2. The van der Waals surface area contributed by atoms with Crippen molar-refractivity contribution < 1.29 is 9.84 Å². The lowest BCUT2D eigenvalue weighted by atomic mass is 10.1. The molecule has 0 bridgehead atoms. The first-order valence-corrected chi connectivity index (χ1v) is 7.21. The average Bonchev–Trinajstić information content (AvgIpc) is 2.68. The summed E-state index contributed by atoms with van der Waals surface area (Å²) in [6.45, 7) is 0.667. The summed E-state index contributed by atoms with van der Waals surface area (Å²) < 4.78 is 5.90. The van der Waals surface area contributed by atoms with E-state index in [-0.39, 0.29) is 0 Å². The van der Waals surface area contributed by atoms with E-state index in [1.165, 1.54) is 38.5 Å². The van der Waals surface area contributed by atoms with E-state index in [1.807, 2.05) is 30.3 Å². The first kappa shape index (κ1) is 13.6. The minimum atomic E-state index is -0.392. The van der Waals surface area contributed by atoms with Crippen LogP contribution in [0.15, 0.2) is 30.3 Å². The van der Waals surface area contributed by atoms with E-state index in [2.05, 4.69) is 0 Å². The Morgan fingerprint density at radius 1 is 1.06 bits per heavy atom. The Hall–Kier alpha value is -0.860. The van der Waals surface area contributed by atoms with Crippen molar-refractivity contribution >= 4 is 0 Å². The fraction of sp³-hybridized carbons (Fsp3) is 0.625. The molecule has 1 saturated carbocycles. The van der Waals surface area contributed by atoms with Crippen LogP contribution in [0.4, 0.5) is 0 Å². The van der Waals surface area contributed by atoms with E-state index < -0.39 is 6.10 Å². The maximum Gasteiger partial charge on any atom is 0.0812 e. The summed E-state index contributed by atoms with van der Waals surface area (Å²) in [4.78, 5) is 0. The Morgan fingerprint density at radius 3 is 2.39 bits per heavy atom. The van der Waals surface area contributed by atoms with Crippen LogP contribution >= 0.6 is 0 Å². The smallest absolute Gasteiger partial charge is 0.0812 e. The third kappa shape index (κ3) is 4.43. The van der Waals surface area contributed by atoms with E-state index in [1.54, 1.807) is 0 Å². The van der Waals surface area contributed by atoms with E-state index in [9.17, 15) is 5.11 Å². The number of hydrogen-bond donors (Lipinski definition) is 1. The maximum atomic E-state index is 10.0. The van der Waals surface area contributed by atoms with Gasteiger partial charge in [0.1, 0.15) is 0 Å². The standard InChI is InChI=1S/C16H24O2/c17-16(14-8-4-3-5-9-14)12-13-18-15-10-6-1-2-7-11-15/h3-5,8-9,15-17H,1-2,6-7,10-13H2. The van der Waals surface area contributed by atoms with E-state index in [0.717, 1.165) is 5.56 Å². The molecule has 100 valence electrons. The van der Waals surface area contributed by atoms with Crippen LogP contribution < -0.4 is 0 Å². The highest BCUT2D eigenvalue weighted by Crippen LogP contribution is 2.21. The monoisotopic (exact) mass is 248 g/mol. The second-order valence-electron chi connectivity index (χ2n) is 5.20. The predicted molar refractivity (Wildman–Crippen MR) is 73.5 cm³/mol. The molecule has 18 heavy (non-hydrogen) atoms. The van der Waals surface area contributed by atoms with Gasteiger partial charge in [-0.05, 0) is 18.4 Å². The highest BCUT2D eigenvalue weighted by atomic mass is 16.5. The van der Waals surface area contributed by atoms with Gasteiger partial charge in [-0.15, -0.1) is 0 Å². The van der Waals surface area contributed by atoms with Gasteiger partial charge in [-0.25, -0.2) is 0 Å². The molecule has 0 aliphatic heterocycles. The van der Waals surface area contributed by atoms with Gasteiger partial charge in [-0.3, -0.25) is 0 Å². The maximum absolute atomic E-state index is 10.0. The molecule has 0 amide bonds. The summed E-state index contributed by atoms with van der Waals surface area (Å²) in [6.07, 6.45) is 8.42.